The molecule has 0 spiro atoms. The van der Waals surface area contributed by atoms with Crippen LogP contribution in [0.25, 0.3) is 0 Å². The van der Waals surface area contributed by atoms with Crippen molar-refractivity contribution in [3.05, 3.63) is 46.4 Å². The number of pyridine rings is 1. The highest BCUT2D eigenvalue weighted by molar-refractivity contribution is 7.09. The number of nitrogens with two attached hydrogens (primary N) is 1. The maximum atomic E-state index is 12.5. The lowest BCUT2D eigenvalue weighted by molar-refractivity contribution is 0.0676. The second kappa shape index (κ2) is 7.02. The molecule has 0 aromatic carbocycles. The highest BCUT2D eigenvalue weighted by Gasteiger charge is 2.17. The van der Waals surface area contributed by atoms with Crippen molar-refractivity contribution in [2.45, 2.75) is 6.54 Å². The minimum Gasteiger partial charge on any atom is -0.399 e. The van der Waals surface area contributed by atoms with E-state index in [-0.39, 0.29) is 5.91 Å². The van der Waals surface area contributed by atoms with Crippen LogP contribution in [0.15, 0.2) is 35.8 Å². The highest BCUT2D eigenvalue weighted by atomic mass is 32.1. The zero-order valence-electron chi connectivity index (χ0n) is 11.3. The van der Waals surface area contributed by atoms with E-state index in [0.717, 1.165) is 4.88 Å². The molecule has 106 valence electrons. The fraction of sp³-hybridized carbons (Fsp3) is 0.286. The molecule has 5 nitrogen and oxygen atoms in total. The summed E-state index contributed by atoms with van der Waals surface area (Å²) in [6, 6.07) is 7.23. The molecule has 2 N–H and O–H groups in total. The number of anilines is 1. The first-order chi connectivity index (χ1) is 9.70. The highest BCUT2D eigenvalue weighted by Crippen LogP contribution is 2.14. The van der Waals surface area contributed by atoms with Gasteiger partial charge in [0.2, 0.25) is 0 Å². The summed E-state index contributed by atoms with van der Waals surface area (Å²) in [6.07, 6.45) is 1.54. The first-order valence-electron chi connectivity index (χ1n) is 6.23. The summed E-state index contributed by atoms with van der Waals surface area (Å²) in [6.45, 7) is 1.56. The third-order valence-electron chi connectivity index (χ3n) is 2.78. The van der Waals surface area contributed by atoms with Crippen LogP contribution in [0, 0.1) is 0 Å². The molecular formula is C14H17N3O2S. The van der Waals surface area contributed by atoms with E-state index >= 15 is 0 Å². The minimum atomic E-state index is -0.136. The van der Waals surface area contributed by atoms with Crippen LogP contribution in [-0.4, -0.2) is 36.1 Å². The molecule has 0 aliphatic heterocycles. The number of ether oxygens (including phenoxy) is 1. The molecule has 0 fully saturated rings. The average Bonchev–Trinajstić information content (AvgIpc) is 2.95. The van der Waals surface area contributed by atoms with E-state index in [9.17, 15) is 4.79 Å². The largest absolute Gasteiger partial charge is 0.399 e. The van der Waals surface area contributed by atoms with Gasteiger partial charge in [0.1, 0.15) is 5.69 Å². The Balaban J connectivity index is 2.14. The van der Waals surface area contributed by atoms with E-state index < -0.39 is 0 Å². The molecule has 0 atom stereocenters. The first-order valence-corrected chi connectivity index (χ1v) is 7.11. The number of rotatable bonds is 6. The van der Waals surface area contributed by atoms with Gasteiger partial charge in [0.15, 0.2) is 0 Å². The average molecular weight is 291 g/mol. The quantitative estimate of drug-likeness (QED) is 0.884. The van der Waals surface area contributed by atoms with E-state index in [4.69, 9.17) is 10.5 Å². The lowest BCUT2D eigenvalue weighted by atomic mass is 10.2. The molecule has 6 heteroatoms. The van der Waals surface area contributed by atoms with Crippen LogP contribution in [0.2, 0.25) is 0 Å². The predicted octanol–water partition coefficient (Wildman–Crippen LogP) is 2.01. The van der Waals surface area contributed by atoms with Gasteiger partial charge in [-0.3, -0.25) is 9.78 Å². The summed E-state index contributed by atoms with van der Waals surface area (Å²) in [4.78, 5) is 19.4. The van der Waals surface area contributed by atoms with E-state index in [1.54, 1.807) is 41.7 Å². The number of nitrogens with zero attached hydrogens (tertiary/aromatic N) is 2. The van der Waals surface area contributed by atoms with Crippen molar-refractivity contribution >= 4 is 22.9 Å². The number of nitrogen functional groups attached to an aromatic ring is 1. The first kappa shape index (κ1) is 14.5. The van der Waals surface area contributed by atoms with E-state index in [0.29, 0.717) is 31.1 Å². The van der Waals surface area contributed by atoms with Crippen LogP contribution in [0.4, 0.5) is 5.69 Å². The van der Waals surface area contributed by atoms with Gasteiger partial charge in [-0.2, -0.15) is 0 Å². The van der Waals surface area contributed by atoms with Gasteiger partial charge in [0, 0.05) is 30.4 Å². The van der Waals surface area contributed by atoms with Crippen LogP contribution in [0.5, 0.6) is 0 Å². The fourth-order valence-corrected chi connectivity index (χ4v) is 2.49. The van der Waals surface area contributed by atoms with E-state index in [1.165, 1.54) is 0 Å². The molecule has 2 heterocycles. The number of thiophene rings is 1. The summed E-state index contributed by atoms with van der Waals surface area (Å²) in [5, 5.41) is 1.99. The van der Waals surface area contributed by atoms with Gasteiger partial charge >= 0.3 is 0 Å². The number of hydrogen-bond acceptors (Lipinski definition) is 5. The van der Waals surface area contributed by atoms with E-state index in [1.807, 2.05) is 17.5 Å². The smallest absolute Gasteiger partial charge is 0.272 e. The molecule has 0 aliphatic rings. The molecule has 0 aliphatic carbocycles. The maximum absolute atomic E-state index is 12.5. The normalized spacial score (nSPS) is 10.4. The molecule has 2 aromatic heterocycles. The third-order valence-corrected chi connectivity index (χ3v) is 3.64. The summed E-state index contributed by atoms with van der Waals surface area (Å²) in [5.41, 5.74) is 6.59. The molecule has 20 heavy (non-hydrogen) atoms. The topological polar surface area (TPSA) is 68.5 Å². The van der Waals surface area contributed by atoms with Crippen LogP contribution in [0.3, 0.4) is 0 Å². The number of aromatic nitrogens is 1. The maximum Gasteiger partial charge on any atom is 0.272 e. The summed E-state index contributed by atoms with van der Waals surface area (Å²) in [5.74, 6) is -0.136. The summed E-state index contributed by atoms with van der Waals surface area (Å²) < 4.78 is 5.07. The van der Waals surface area contributed by atoms with Gasteiger partial charge in [-0.05, 0) is 23.6 Å². The Morgan fingerprint density at radius 2 is 2.35 bits per heavy atom. The molecule has 0 saturated carbocycles. The Hall–Kier alpha value is -1.92. The van der Waals surface area contributed by atoms with Crippen LogP contribution in [0.1, 0.15) is 15.4 Å². The predicted molar refractivity (Wildman–Crippen MR) is 79.6 cm³/mol. The molecule has 0 bridgehead atoms. The Bertz CT molecular complexity index is 557. The SMILES string of the molecule is COCCN(Cc1cccs1)C(=O)c1cc(N)ccn1. The molecule has 0 saturated heterocycles. The Kier molecular flexibility index (Phi) is 5.09. The Morgan fingerprint density at radius 3 is 3.00 bits per heavy atom. The van der Waals surface area contributed by atoms with E-state index in [2.05, 4.69) is 4.98 Å². The van der Waals surface area contributed by atoms with Gasteiger partial charge in [0.25, 0.3) is 5.91 Å². The molecule has 0 unspecified atom stereocenters. The molecule has 2 aromatic rings. The lowest BCUT2D eigenvalue weighted by Crippen LogP contribution is -2.33. The number of hydrogen-bond donors (Lipinski definition) is 1. The van der Waals surface area contributed by atoms with Crippen molar-refractivity contribution in [1.29, 1.82) is 0 Å². The van der Waals surface area contributed by atoms with Gasteiger partial charge in [-0.1, -0.05) is 6.07 Å². The number of carbonyl (C=O) groups is 1. The summed E-state index contributed by atoms with van der Waals surface area (Å²) >= 11 is 1.62. The van der Waals surface area contributed by atoms with Gasteiger partial charge < -0.3 is 15.4 Å². The fourth-order valence-electron chi connectivity index (χ4n) is 1.77. The molecule has 1 amide bonds. The Labute approximate surface area is 122 Å². The second-order valence-electron chi connectivity index (χ2n) is 4.27. The number of methoxy groups -OCH3 is 1. The molecule has 0 radical (unpaired) electrons. The number of amides is 1. The molecule has 2 rings (SSSR count). The van der Waals surface area contributed by atoms with Gasteiger partial charge in [-0.15, -0.1) is 11.3 Å². The standard InChI is InChI=1S/C14H17N3O2S/c1-19-7-6-17(10-12-3-2-8-20-12)14(18)13-9-11(15)4-5-16-13/h2-5,8-9H,6-7,10H2,1H3,(H2,15,16). The van der Waals surface area contributed by atoms with Gasteiger partial charge in [0.05, 0.1) is 13.2 Å². The monoisotopic (exact) mass is 291 g/mol. The van der Waals surface area contributed by atoms with Crippen molar-refractivity contribution in [2.24, 2.45) is 0 Å². The van der Waals surface area contributed by atoms with Crippen molar-refractivity contribution in [3.63, 3.8) is 0 Å². The van der Waals surface area contributed by atoms with Crippen LogP contribution in [-0.2, 0) is 11.3 Å². The van der Waals surface area contributed by atoms with Gasteiger partial charge in [-0.25, -0.2) is 0 Å². The molecular weight excluding hydrogens is 274 g/mol. The zero-order valence-corrected chi connectivity index (χ0v) is 12.1. The third kappa shape index (κ3) is 3.79. The van der Waals surface area contributed by atoms with Crippen molar-refractivity contribution in [1.82, 2.24) is 9.88 Å². The van der Waals surface area contributed by atoms with Crippen molar-refractivity contribution in [2.75, 3.05) is 26.0 Å². The van der Waals surface area contributed by atoms with Crippen molar-refractivity contribution in [3.8, 4) is 0 Å². The van der Waals surface area contributed by atoms with Crippen molar-refractivity contribution < 1.29 is 9.53 Å². The lowest BCUT2D eigenvalue weighted by Gasteiger charge is -2.21. The van der Waals surface area contributed by atoms with Crippen LogP contribution >= 0.6 is 11.3 Å². The summed E-state index contributed by atoms with van der Waals surface area (Å²) in [7, 11) is 1.62. The Morgan fingerprint density at radius 1 is 1.50 bits per heavy atom. The second-order valence-corrected chi connectivity index (χ2v) is 5.31. The van der Waals surface area contributed by atoms with Crippen LogP contribution < -0.4 is 5.73 Å². The zero-order chi connectivity index (χ0) is 14.4. The minimum absolute atomic E-state index is 0.136. The number of carbonyl (C=O) groups excluding carboxylic acids is 1.